The average molecular weight is 548 g/mol. The lowest BCUT2D eigenvalue weighted by molar-refractivity contribution is -0.132. The van der Waals surface area contributed by atoms with Gasteiger partial charge in [0.05, 0.1) is 39.5 Å². The molecule has 1 aromatic rings. The van der Waals surface area contributed by atoms with Crippen LogP contribution in [0, 0.1) is 18.3 Å². The lowest BCUT2D eigenvalue weighted by Gasteiger charge is -2.57. The number of hydrogen-bond donors (Lipinski definition) is 0. The largest absolute Gasteiger partial charge is 0.492 e. The van der Waals surface area contributed by atoms with Crippen molar-refractivity contribution < 1.29 is 33.3 Å². The van der Waals surface area contributed by atoms with Crippen molar-refractivity contribution in [3.8, 4) is 23.3 Å². The van der Waals surface area contributed by atoms with E-state index in [1.54, 1.807) is 21.0 Å². The number of likely N-dealkylation sites (N-methyl/N-ethyl adjacent to an activating group) is 1. The number of carbonyl (C=O) groups is 3. The van der Waals surface area contributed by atoms with Crippen molar-refractivity contribution in [1.82, 2.24) is 9.80 Å². The molecule has 3 heterocycles. The van der Waals surface area contributed by atoms with Gasteiger partial charge in [0, 0.05) is 52.1 Å². The number of allylic oxidation sites excluding steroid dienone is 2. The molecule has 4 aliphatic rings. The molecule has 0 saturated carbocycles. The summed E-state index contributed by atoms with van der Waals surface area (Å²) in [6, 6.07) is 0.527. The summed E-state index contributed by atoms with van der Waals surface area (Å²) in [5, 5.41) is 10.5. The summed E-state index contributed by atoms with van der Waals surface area (Å²) in [7, 11) is 6.35. The molecule has 1 fully saturated rings. The molecule has 0 unspecified atom stereocenters. The van der Waals surface area contributed by atoms with E-state index >= 15 is 0 Å². The van der Waals surface area contributed by atoms with E-state index in [1.807, 2.05) is 29.8 Å². The molecule has 3 aliphatic heterocycles. The van der Waals surface area contributed by atoms with Crippen LogP contribution in [0.5, 0.6) is 17.2 Å². The summed E-state index contributed by atoms with van der Waals surface area (Å²) in [6.45, 7) is 6.72. The molecular weight excluding hydrogens is 514 g/mol. The Morgan fingerprint density at radius 3 is 2.30 bits per heavy atom. The minimum atomic E-state index is -0.634. The quantitative estimate of drug-likeness (QED) is 0.308. The van der Waals surface area contributed by atoms with Crippen LogP contribution in [0.15, 0.2) is 28.2 Å². The van der Waals surface area contributed by atoms with Gasteiger partial charge in [-0.2, -0.15) is 5.26 Å². The molecule has 10 heteroatoms. The number of Topliss-reactive ketones (excluding diaryl/α,β-unsaturated/α-hetero) is 2. The Balaban J connectivity index is 1.87. The lowest BCUT2D eigenvalue weighted by atomic mass is 9.71. The van der Waals surface area contributed by atoms with Gasteiger partial charge in [0.1, 0.15) is 11.8 Å². The van der Waals surface area contributed by atoms with E-state index in [0.717, 1.165) is 5.56 Å². The molecule has 1 saturated heterocycles. The zero-order chi connectivity index (χ0) is 29.2. The molecule has 0 radical (unpaired) electrons. The fourth-order valence-electron chi connectivity index (χ4n) is 6.95. The summed E-state index contributed by atoms with van der Waals surface area (Å²) in [6.07, 6.45) is 2.70. The van der Waals surface area contributed by atoms with Gasteiger partial charge in [-0.3, -0.25) is 19.3 Å². The van der Waals surface area contributed by atoms with Crippen LogP contribution in [0.1, 0.15) is 56.3 Å². The maximum Gasteiger partial charge on any atom is 0.308 e. The first-order valence-electron chi connectivity index (χ1n) is 13.2. The molecule has 0 N–H and O–H groups in total. The van der Waals surface area contributed by atoms with Crippen LogP contribution in [0.3, 0.4) is 0 Å². The van der Waals surface area contributed by atoms with Crippen LogP contribution in [-0.2, 0) is 19.1 Å². The molecule has 0 aromatic heterocycles. The summed E-state index contributed by atoms with van der Waals surface area (Å²) in [4.78, 5) is 43.6. The van der Waals surface area contributed by atoms with Crippen molar-refractivity contribution in [3.05, 3.63) is 44.9 Å². The number of ether oxygens (including phenoxy) is 4. The van der Waals surface area contributed by atoms with E-state index in [1.165, 1.54) is 21.1 Å². The highest BCUT2D eigenvalue weighted by molar-refractivity contribution is 6.25. The Morgan fingerprint density at radius 2 is 1.75 bits per heavy atom. The monoisotopic (exact) mass is 547 g/mol. The van der Waals surface area contributed by atoms with Crippen LogP contribution in [0.4, 0.5) is 0 Å². The second-order valence-electron chi connectivity index (χ2n) is 10.5. The minimum absolute atomic E-state index is 0.0382. The standard InChI is InChI=1S/C30H33N3O7/c1-9-18-22-17(27(40-15(4)34)14(3)29(38-7)30(22)39-8)11-20-24-23-16(25(35)13(2)28(37-6)26(23)36)10-19(32(24)5)21(12-31)33(18)20/h11,18-19,21,24H,9-10H2,1-8H3/t18-,19+,21-,24-/m0/s1. The molecule has 210 valence electrons. The molecule has 1 aliphatic carbocycles. The maximum atomic E-state index is 13.8. The second kappa shape index (κ2) is 9.82. The van der Waals surface area contributed by atoms with Gasteiger partial charge in [0.2, 0.25) is 5.78 Å². The summed E-state index contributed by atoms with van der Waals surface area (Å²) in [5.41, 5.74) is 3.69. The number of esters is 1. The fraction of sp³-hybridized carbons (Fsp3) is 0.467. The van der Waals surface area contributed by atoms with Crippen molar-refractivity contribution in [2.24, 2.45) is 0 Å². The van der Waals surface area contributed by atoms with Gasteiger partial charge in [0.25, 0.3) is 0 Å². The zero-order valence-corrected chi connectivity index (χ0v) is 24.0. The van der Waals surface area contributed by atoms with Crippen LogP contribution in [-0.4, -0.2) is 73.8 Å². The third-order valence-corrected chi connectivity index (χ3v) is 8.60. The number of fused-ring (bicyclic) bond motifs is 6. The number of ketones is 2. The molecule has 1 aromatic carbocycles. The van der Waals surface area contributed by atoms with Crippen molar-refractivity contribution in [2.45, 2.75) is 64.7 Å². The van der Waals surface area contributed by atoms with Crippen LogP contribution >= 0.6 is 0 Å². The number of rotatable bonds is 5. The average Bonchev–Trinajstić information content (AvgIpc) is 2.92. The number of methoxy groups -OCH3 is 3. The highest BCUT2D eigenvalue weighted by Crippen LogP contribution is 2.56. The van der Waals surface area contributed by atoms with Gasteiger partial charge in [-0.1, -0.05) is 6.92 Å². The Bertz CT molecular complexity index is 1500. The van der Waals surface area contributed by atoms with E-state index < -0.39 is 18.1 Å². The number of hydrogen-bond acceptors (Lipinski definition) is 10. The molecule has 0 amide bonds. The Labute approximate surface area is 233 Å². The predicted octanol–water partition coefficient (Wildman–Crippen LogP) is 3.39. The Hall–Kier alpha value is -4.10. The molecule has 5 rings (SSSR count). The van der Waals surface area contributed by atoms with Crippen LogP contribution in [0.25, 0.3) is 6.08 Å². The van der Waals surface area contributed by atoms with Crippen LogP contribution < -0.4 is 14.2 Å². The second-order valence-corrected chi connectivity index (χ2v) is 10.5. The first-order valence-corrected chi connectivity index (χ1v) is 13.2. The number of nitrogens with zero attached hydrogens (tertiary/aromatic N) is 3. The van der Waals surface area contributed by atoms with E-state index in [2.05, 4.69) is 6.07 Å². The van der Waals surface area contributed by atoms with Gasteiger partial charge >= 0.3 is 5.97 Å². The normalized spacial score (nSPS) is 25.5. The smallest absolute Gasteiger partial charge is 0.308 e. The number of nitriles is 1. The fourth-order valence-corrected chi connectivity index (χ4v) is 6.95. The number of piperazine rings is 1. The highest BCUT2D eigenvalue weighted by atomic mass is 16.5. The van der Waals surface area contributed by atoms with Gasteiger partial charge in [0.15, 0.2) is 23.0 Å². The molecule has 2 bridgehead atoms. The van der Waals surface area contributed by atoms with Crippen molar-refractivity contribution in [3.63, 3.8) is 0 Å². The third-order valence-electron chi connectivity index (χ3n) is 8.60. The SMILES string of the molecule is CC[C@H]1c2c(c(OC(C)=O)c(C)c(OC)c2OC)C=C2[C@H]3C4=C(C[C@H]([C@H](C#N)N21)N3C)C(=O)C(C)=C(OC)C4=O. The number of carbonyl (C=O) groups excluding carboxylic acids is 3. The number of benzene rings is 1. The highest BCUT2D eigenvalue weighted by Gasteiger charge is 2.55. The van der Waals surface area contributed by atoms with E-state index in [9.17, 15) is 19.6 Å². The first-order chi connectivity index (χ1) is 19.1. The summed E-state index contributed by atoms with van der Waals surface area (Å²) in [5.74, 6) is 0.250. The first kappa shape index (κ1) is 27.5. The summed E-state index contributed by atoms with van der Waals surface area (Å²) >= 11 is 0. The Morgan fingerprint density at radius 1 is 1.07 bits per heavy atom. The van der Waals surface area contributed by atoms with Crippen molar-refractivity contribution in [1.29, 1.82) is 5.26 Å². The van der Waals surface area contributed by atoms with Gasteiger partial charge in [-0.15, -0.1) is 0 Å². The van der Waals surface area contributed by atoms with Gasteiger partial charge < -0.3 is 23.8 Å². The maximum absolute atomic E-state index is 13.8. The predicted molar refractivity (Wildman–Crippen MR) is 145 cm³/mol. The third kappa shape index (κ3) is 3.53. The lowest BCUT2D eigenvalue weighted by Crippen LogP contribution is -2.65. The zero-order valence-electron chi connectivity index (χ0n) is 24.0. The molecule has 10 nitrogen and oxygen atoms in total. The van der Waals surface area contributed by atoms with E-state index in [4.69, 9.17) is 18.9 Å². The minimum Gasteiger partial charge on any atom is -0.492 e. The van der Waals surface area contributed by atoms with Crippen molar-refractivity contribution >= 4 is 23.6 Å². The van der Waals surface area contributed by atoms with Gasteiger partial charge in [-0.05, 0) is 39.8 Å². The molecule has 40 heavy (non-hydrogen) atoms. The van der Waals surface area contributed by atoms with Crippen molar-refractivity contribution in [2.75, 3.05) is 28.4 Å². The van der Waals surface area contributed by atoms with Gasteiger partial charge in [-0.25, -0.2) is 0 Å². The molecular formula is C30H33N3O7. The van der Waals surface area contributed by atoms with E-state index in [-0.39, 0.29) is 41.4 Å². The molecule has 4 atom stereocenters. The topological polar surface area (TPSA) is 118 Å². The summed E-state index contributed by atoms with van der Waals surface area (Å²) < 4.78 is 22.8. The van der Waals surface area contributed by atoms with E-state index in [0.29, 0.717) is 51.6 Å². The molecule has 0 spiro atoms. The Kier molecular flexibility index (Phi) is 6.74. The van der Waals surface area contributed by atoms with Crippen LogP contribution in [0.2, 0.25) is 0 Å².